The third kappa shape index (κ3) is 3.65. The molecular weight excluding hydrogens is 298 g/mol. The second-order valence-corrected chi connectivity index (χ2v) is 6.29. The fourth-order valence-electron chi connectivity index (χ4n) is 2.18. The van der Waals surface area contributed by atoms with E-state index in [4.69, 9.17) is 0 Å². The molecule has 0 radical (unpaired) electrons. The Morgan fingerprint density at radius 3 is 2.73 bits per heavy atom. The first-order chi connectivity index (χ1) is 10.6. The van der Waals surface area contributed by atoms with Gasteiger partial charge in [-0.2, -0.15) is 4.68 Å². The molecule has 0 spiro atoms. The second kappa shape index (κ2) is 7.40. The Bertz CT molecular complexity index is 638. The van der Waals surface area contributed by atoms with Gasteiger partial charge < -0.3 is 4.90 Å². The zero-order valence-electron chi connectivity index (χ0n) is 13.4. The Morgan fingerprint density at radius 2 is 2.09 bits per heavy atom. The first-order valence-electron chi connectivity index (χ1n) is 7.37. The highest BCUT2D eigenvalue weighted by atomic mass is 32.2. The number of tetrazole rings is 1. The highest BCUT2D eigenvalue weighted by Gasteiger charge is 2.22. The van der Waals surface area contributed by atoms with Gasteiger partial charge >= 0.3 is 0 Å². The van der Waals surface area contributed by atoms with E-state index in [9.17, 15) is 4.79 Å². The number of carbonyl (C=O) groups excluding carboxylic acids is 1. The Hall–Kier alpha value is -1.89. The van der Waals surface area contributed by atoms with Gasteiger partial charge in [0.15, 0.2) is 0 Å². The third-order valence-electron chi connectivity index (χ3n) is 3.39. The number of benzene rings is 1. The Morgan fingerprint density at radius 1 is 1.36 bits per heavy atom. The van der Waals surface area contributed by atoms with Crippen LogP contribution in [-0.2, 0) is 4.79 Å². The number of nitrogens with zero attached hydrogens (tertiary/aromatic N) is 5. The summed E-state index contributed by atoms with van der Waals surface area (Å²) in [4.78, 5) is 14.2. The number of aromatic nitrogens is 4. The first-order valence-corrected chi connectivity index (χ1v) is 8.25. The molecule has 1 heterocycles. The molecule has 0 aliphatic carbocycles. The molecule has 2 aromatic rings. The normalized spacial score (nSPS) is 12.2. The van der Waals surface area contributed by atoms with Gasteiger partial charge in [0.2, 0.25) is 11.1 Å². The summed E-state index contributed by atoms with van der Waals surface area (Å²) in [5.41, 5.74) is 2.03. The number of thioether (sulfide) groups is 1. The minimum Gasteiger partial charge on any atom is -0.342 e. The molecule has 1 atom stereocenters. The van der Waals surface area contributed by atoms with Crippen LogP contribution >= 0.6 is 11.8 Å². The van der Waals surface area contributed by atoms with E-state index >= 15 is 0 Å². The number of hydrogen-bond donors (Lipinski definition) is 0. The summed E-state index contributed by atoms with van der Waals surface area (Å²) in [6, 6.07) is 7.94. The molecule has 1 unspecified atom stereocenters. The molecule has 1 aromatic carbocycles. The summed E-state index contributed by atoms with van der Waals surface area (Å²) in [5.74, 6) is 0.105. The minimum atomic E-state index is -0.227. The lowest BCUT2D eigenvalue weighted by atomic mass is 10.2. The Balaban J connectivity index is 2.18. The zero-order chi connectivity index (χ0) is 16.1. The lowest BCUT2D eigenvalue weighted by Gasteiger charge is -2.22. The van der Waals surface area contributed by atoms with Crippen molar-refractivity contribution >= 4 is 17.7 Å². The van der Waals surface area contributed by atoms with Crippen LogP contribution in [0.2, 0.25) is 0 Å². The Labute approximate surface area is 134 Å². The van der Waals surface area contributed by atoms with Gasteiger partial charge in [0.1, 0.15) is 0 Å². The minimum absolute atomic E-state index is 0.105. The molecule has 0 saturated carbocycles. The molecule has 0 N–H and O–H groups in total. The molecule has 0 saturated heterocycles. The van der Waals surface area contributed by atoms with Crippen molar-refractivity contribution < 1.29 is 4.79 Å². The molecule has 1 amide bonds. The van der Waals surface area contributed by atoms with Crippen molar-refractivity contribution in [1.82, 2.24) is 25.1 Å². The van der Waals surface area contributed by atoms with Gasteiger partial charge in [-0.3, -0.25) is 4.79 Å². The second-order valence-electron chi connectivity index (χ2n) is 4.98. The fraction of sp³-hybridized carbons (Fsp3) is 0.467. The molecule has 7 heteroatoms. The van der Waals surface area contributed by atoms with Crippen molar-refractivity contribution in [2.45, 2.75) is 38.1 Å². The lowest BCUT2D eigenvalue weighted by molar-refractivity contribution is -0.129. The van der Waals surface area contributed by atoms with E-state index in [0.717, 1.165) is 11.3 Å². The van der Waals surface area contributed by atoms with Crippen molar-refractivity contribution in [2.24, 2.45) is 0 Å². The molecule has 0 aliphatic heterocycles. The van der Waals surface area contributed by atoms with Crippen molar-refractivity contribution in [2.75, 3.05) is 13.1 Å². The van der Waals surface area contributed by atoms with Gasteiger partial charge in [0.25, 0.3) is 0 Å². The zero-order valence-corrected chi connectivity index (χ0v) is 14.2. The number of amides is 1. The predicted octanol–water partition coefficient (Wildman–Crippen LogP) is 2.32. The summed E-state index contributed by atoms with van der Waals surface area (Å²) in [6.07, 6.45) is 0. The lowest BCUT2D eigenvalue weighted by Crippen LogP contribution is -2.36. The van der Waals surface area contributed by atoms with Gasteiger partial charge in [0.05, 0.1) is 10.9 Å². The number of carbonyl (C=O) groups is 1. The number of rotatable bonds is 6. The SMILES string of the molecule is CCN(CC)C(=O)C(C)Sc1nnnn1-c1cccc(C)c1. The standard InChI is InChI=1S/C15H21N5OS/c1-5-19(6-2)14(21)12(4)22-15-16-17-18-20(15)13-9-7-8-11(3)10-13/h7-10,12H,5-6H2,1-4H3. The van der Waals surface area contributed by atoms with E-state index in [0.29, 0.717) is 18.2 Å². The largest absolute Gasteiger partial charge is 0.342 e. The van der Waals surface area contributed by atoms with Crippen molar-refractivity contribution in [1.29, 1.82) is 0 Å². The van der Waals surface area contributed by atoms with E-state index < -0.39 is 0 Å². The summed E-state index contributed by atoms with van der Waals surface area (Å²) in [5, 5.41) is 12.2. The number of aryl methyl sites for hydroxylation is 1. The van der Waals surface area contributed by atoms with Crippen LogP contribution in [0.3, 0.4) is 0 Å². The molecule has 0 bridgehead atoms. The summed E-state index contributed by atoms with van der Waals surface area (Å²) in [7, 11) is 0. The van der Waals surface area contributed by atoms with Gasteiger partial charge in [0, 0.05) is 13.1 Å². The van der Waals surface area contributed by atoms with Crippen LogP contribution in [0.15, 0.2) is 29.4 Å². The molecule has 0 fully saturated rings. The third-order valence-corrected chi connectivity index (χ3v) is 4.41. The number of hydrogen-bond acceptors (Lipinski definition) is 5. The molecule has 118 valence electrons. The van der Waals surface area contributed by atoms with E-state index in [1.165, 1.54) is 11.8 Å². The van der Waals surface area contributed by atoms with Crippen molar-refractivity contribution in [3.05, 3.63) is 29.8 Å². The van der Waals surface area contributed by atoms with Crippen LogP contribution in [0.4, 0.5) is 0 Å². The summed E-state index contributed by atoms with van der Waals surface area (Å²) >= 11 is 1.38. The van der Waals surface area contributed by atoms with Gasteiger partial charge in [-0.25, -0.2) is 0 Å². The molecule has 2 rings (SSSR count). The van der Waals surface area contributed by atoms with Crippen molar-refractivity contribution in [3.63, 3.8) is 0 Å². The van der Waals surface area contributed by atoms with Gasteiger partial charge in [-0.15, -0.1) is 5.10 Å². The van der Waals surface area contributed by atoms with Crippen LogP contribution in [0.1, 0.15) is 26.3 Å². The average molecular weight is 319 g/mol. The van der Waals surface area contributed by atoms with E-state index in [-0.39, 0.29) is 11.2 Å². The molecule has 6 nitrogen and oxygen atoms in total. The maximum Gasteiger partial charge on any atom is 0.235 e. The molecule has 22 heavy (non-hydrogen) atoms. The van der Waals surface area contributed by atoms with Crippen molar-refractivity contribution in [3.8, 4) is 5.69 Å². The van der Waals surface area contributed by atoms with Crippen LogP contribution in [0, 0.1) is 6.92 Å². The van der Waals surface area contributed by atoms with Gasteiger partial charge in [-0.05, 0) is 55.8 Å². The van der Waals surface area contributed by atoms with E-state index in [1.54, 1.807) is 4.68 Å². The van der Waals surface area contributed by atoms with E-state index in [1.807, 2.05) is 56.9 Å². The predicted molar refractivity (Wildman–Crippen MR) is 87.1 cm³/mol. The van der Waals surface area contributed by atoms with Crippen LogP contribution in [0.5, 0.6) is 0 Å². The molecular formula is C15H21N5OS. The van der Waals surface area contributed by atoms with Crippen LogP contribution < -0.4 is 0 Å². The maximum atomic E-state index is 12.4. The smallest absolute Gasteiger partial charge is 0.235 e. The quantitative estimate of drug-likeness (QED) is 0.765. The van der Waals surface area contributed by atoms with E-state index in [2.05, 4.69) is 15.5 Å². The topological polar surface area (TPSA) is 63.9 Å². The first kappa shape index (κ1) is 16.5. The van der Waals surface area contributed by atoms with Crippen LogP contribution in [-0.4, -0.2) is 49.4 Å². The van der Waals surface area contributed by atoms with Crippen LogP contribution in [0.25, 0.3) is 5.69 Å². The maximum absolute atomic E-state index is 12.4. The monoisotopic (exact) mass is 319 g/mol. The van der Waals surface area contributed by atoms with Gasteiger partial charge in [-0.1, -0.05) is 23.9 Å². The highest BCUT2D eigenvalue weighted by molar-refractivity contribution is 8.00. The molecule has 0 aliphatic rings. The highest BCUT2D eigenvalue weighted by Crippen LogP contribution is 2.24. The average Bonchev–Trinajstić information content (AvgIpc) is 2.96. The Kier molecular flexibility index (Phi) is 5.54. The summed E-state index contributed by atoms with van der Waals surface area (Å²) < 4.78 is 1.67. The summed E-state index contributed by atoms with van der Waals surface area (Å²) in [6.45, 7) is 9.30. The molecule has 1 aromatic heterocycles. The fourth-order valence-corrected chi connectivity index (χ4v) is 3.07.